The zero-order valence-corrected chi connectivity index (χ0v) is 12.2. The Hall–Kier alpha value is -2.49. The molecule has 0 spiro atoms. The van der Waals surface area contributed by atoms with Crippen molar-refractivity contribution < 1.29 is 14.6 Å². The van der Waals surface area contributed by atoms with Crippen molar-refractivity contribution in [2.24, 2.45) is 0 Å². The highest BCUT2D eigenvalue weighted by Crippen LogP contribution is 2.26. The van der Waals surface area contributed by atoms with Gasteiger partial charge < -0.3 is 15.2 Å². The number of ether oxygens (including phenoxy) is 1. The molecule has 0 aliphatic carbocycles. The van der Waals surface area contributed by atoms with Crippen LogP contribution in [-0.4, -0.2) is 18.1 Å². The second-order valence-electron chi connectivity index (χ2n) is 4.79. The third-order valence-corrected chi connectivity index (χ3v) is 3.19. The molecule has 0 radical (unpaired) electrons. The van der Waals surface area contributed by atoms with E-state index in [0.29, 0.717) is 11.3 Å². The number of nitrogens with one attached hydrogen (secondary N) is 1. The first-order chi connectivity index (χ1) is 10.1. The van der Waals surface area contributed by atoms with Crippen LogP contribution in [0.25, 0.3) is 0 Å². The molecule has 2 aromatic rings. The number of aromatic hydroxyl groups is 1. The Kier molecular flexibility index (Phi) is 4.82. The molecule has 0 atom stereocenters. The maximum atomic E-state index is 12.1. The number of anilines is 1. The van der Waals surface area contributed by atoms with Gasteiger partial charge in [-0.05, 0) is 42.3 Å². The molecule has 0 fully saturated rings. The van der Waals surface area contributed by atoms with Crippen LogP contribution in [0.5, 0.6) is 11.5 Å². The van der Waals surface area contributed by atoms with Crippen molar-refractivity contribution in [1.82, 2.24) is 0 Å². The van der Waals surface area contributed by atoms with Crippen LogP contribution in [0.1, 0.15) is 29.3 Å². The number of hydrogen-bond acceptors (Lipinski definition) is 3. The minimum atomic E-state index is -0.267. The number of phenolic OH excluding ortho intramolecular Hbond substituents is 1. The number of amides is 1. The van der Waals surface area contributed by atoms with Gasteiger partial charge in [0.15, 0.2) is 11.5 Å². The third-order valence-electron chi connectivity index (χ3n) is 3.19. The van der Waals surface area contributed by atoms with Gasteiger partial charge in [-0.15, -0.1) is 0 Å². The molecule has 4 heteroatoms. The molecular formula is C17H19NO3. The van der Waals surface area contributed by atoms with E-state index in [-0.39, 0.29) is 11.7 Å². The highest BCUT2D eigenvalue weighted by Gasteiger charge is 2.09. The molecule has 0 heterocycles. The first-order valence-electron chi connectivity index (χ1n) is 6.91. The Morgan fingerprint density at radius 3 is 2.48 bits per heavy atom. The van der Waals surface area contributed by atoms with Gasteiger partial charge in [-0.25, -0.2) is 0 Å². The number of aryl methyl sites for hydroxylation is 1. The number of phenols is 1. The normalized spacial score (nSPS) is 10.2. The van der Waals surface area contributed by atoms with E-state index in [2.05, 4.69) is 12.2 Å². The summed E-state index contributed by atoms with van der Waals surface area (Å²) < 4.78 is 4.95. The average Bonchev–Trinajstić information content (AvgIpc) is 2.49. The lowest BCUT2D eigenvalue weighted by molar-refractivity contribution is 0.102. The Balaban J connectivity index is 2.08. The minimum absolute atomic E-state index is 0.0524. The summed E-state index contributed by atoms with van der Waals surface area (Å²) in [6.07, 6.45) is 2.12. The first-order valence-corrected chi connectivity index (χ1v) is 6.91. The van der Waals surface area contributed by atoms with Crippen molar-refractivity contribution in [3.8, 4) is 11.5 Å². The first kappa shape index (κ1) is 14.9. The predicted molar refractivity (Wildman–Crippen MR) is 83.0 cm³/mol. The van der Waals surface area contributed by atoms with Crippen LogP contribution in [0.2, 0.25) is 0 Å². The van der Waals surface area contributed by atoms with Crippen LogP contribution < -0.4 is 10.1 Å². The summed E-state index contributed by atoms with van der Waals surface area (Å²) in [6.45, 7) is 2.13. The van der Waals surface area contributed by atoms with Crippen molar-refractivity contribution in [3.05, 3.63) is 53.6 Å². The maximum absolute atomic E-state index is 12.1. The molecular weight excluding hydrogens is 266 g/mol. The van der Waals surface area contributed by atoms with Gasteiger partial charge in [0.25, 0.3) is 5.91 Å². The van der Waals surface area contributed by atoms with Crippen molar-refractivity contribution in [2.75, 3.05) is 12.4 Å². The van der Waals surface area contributed by atoms with Gasteiger partial charge in [0.05, 0.1) is 7.11 Å². The largest absolute Gasteiger partial charge is 0.504 e. The lowest BCUT2D eigenvalue weighted by atomic mass is 10.1. The molecule has 2 N–H and O–H groups in total. The quantitative estimate of drug-likeness (QED) is 0.882. The average molecular weight is 285 g/mol. The number of benzene rings is 2. The Morgan fingerprint density at radius 1 is 1.19 bits per heavy atom. The van der Waals surface area contributed by atoms with Crippen molar-refractivity contribution in [1.29, 1.82) is 0 Å². The van der Waals surface area contributed by atoms with Gasteiger partial charge in [0.2, 0.25) is 0 Å². The molecule has 110 valence electrons. The molecule has 0 aliphatic rings. The van der Waals surface area contributed by atoms with Crippen molar-refractivity contribution in [2.45, 2.75) is 19.8 Å². The Labute approximate surface area is 124 Å². The number of carbonyl (C=O) groups excluding carboxylic acids is 1. The summed E-state index contributed by atoms with van der Waals surface area (Å²) in [6, 6.07) is 12.3. The molecule has 1 amide bonds. The van der Waals surface area contributed by atoms with Gasteiger partial charge in [0.1, 0.15) is 0 Å². The van der Waals surface area contributed by atoms with Crippen LogP contribution in [-0.2, 0) is 6.42 Å². The van der Waals surface area contributed by atoms with Crippen LogP contribution in [0, 0.1) is 0 Å². The van der Waals surface area contributed by atoms with Gasteiger partial charge in [-0.1, -0.05) is 25.5 Å². The summed E-state index contributed by atoms with van der Waals surface area (Å²) in [7, 11) is 1.46. The molecule has 2 rings (SSSR count). The predicted octanol–water partition coefficient (Wildman–Crippen LogP) is 3.61. The molecule has 0 saturated heterocycles. The Morgan fingerprint density at radius 2 is 1.90 bits per heavy atom. The van der Waals surface area contributed by atoms with E-state index >= 15 is 0 Å². The van der Waals surface area contributed by atoms with E-state index in [4.69, 9.17) is 4.74 Å². The summed E-state index contributed by atoms with van der Waals surface area (Å²) in [5.74, 6) is 0.0232. The zero-order chi connectivity index (χ0) is 15.2. The van der Waals surface area contributed by atoms with Crippen LogP contribution in [0.3, 0.4) is 0 Å². The highest BCUT2D eigenvalue weighted by atomic mass is 16.5. The van der Waals surface area contributed by atoms with E-state index < -0.39 is 0 Å². The van der Waals surface area contributed by atoms with Gasteiger partial charge in [0, 0.05) is 11.3 Å². The summed E-state index contributed by atoms with van der Waals surface area (Å²) in [5.41, 5.74) is 2.36. The number of methoxy groups -OCH3 is 1. The minimum Gasteiger partial charge on any atom is -0.504 e. The van der Waals surface area contributed by atoms with Crippen LogP contribution in [0.4, 0.5) is 5.69 Å². The smallest absolute Gasteiger partial charge is 0.255 e. The zero-order valence-electron chi connectivity index (χ0n) is 12.2. The third kappa shape index (κ3) is 3.75. The lowest BCUT2D eigenvalue weighted by Crippen LogP contribution is -2.11. The fourth-order valence-corrected chi connectivity index (χ4v) is 2.08. The second kappa shape index (κ2) is 6.79. The molecule has 0 saturated carbocycles. The Bertz CT molecular complexity index is 620. The molecule has 0 bridgehead atoms. The molecule has 0 aromatic heterocycles. The summed E-state index contributed by atoms with van der Waals surface area (Å²) >= 11 is 0. The molecule has 4 nitrogen and oxygen atoms in total. The maximum Gasteiger partial charge on any atom is 0.255 e. The summed E-state index contributed by atoms with van der Waals surface area (Å²) in [4.78, 5) is 12.1. The second-order valence-corrected chi connectivity index (χ2v) is 4.79. The molecule has 0 aliphatic heterocycles. The number of rotatable bonds is 5. The molecule has 0 unspecified atom stereocenters. The monoisotopic (exact) mass is 285 g/mol. The fourth-order valence-electron chi connectivity index (χ4n) is 2.08. The topological polar surface area (TPSA) is 58.6 Å². The van der Waals surface area contributed by atoms with E-state index in [1.165, 1.54) is 18.7 Å². The van der Waals surface area contributed by atoms with Crippen LogP contribution in [0.15, 0.2) is 42.5 Å². The van der Waals surface area contributed by atoms with E-state index in [1.807, 2.05) is 24.3 Å². The van der Waals surface area contributed by atoms with Crippen molar-refractivity contribution in [3.63, 3.8) is 0 Å². The van der Waals surface area contributed by atoms with E-state index in [9.17, 15) is 9.90 Å². The SMILES string of the molecule is CCCc1ccc(NC(=O)c2ccc(OC)c(O)c2)cc1. The van der Waals surface area contributed by atoms with Gasteiger partial charge in [-0.3, -0.25) is 4.79 Å². The molecule has 21 heavy (non-hydrogen) atoms. The highest BCUT2D eigenvalue weighted by molar-refractivity contribution is 6.04. The van der Waals surface area contributed by atoms with Crippen molar-refractivity contribution >= 4 is 11.6 Å². The van der Waals surface area contributed by atoms with E-state index in [1.54, 1.807) is 12.1 Å². The number of hydrogen-bond donors (Lipinski definition) is 2. The standard InChI is InChI=1S/C17H19NO3/c1-3-4-12-5-8-14(9-6-12)18-17(20)13-7-10-16(21-2)15(19)11-13/h5-11,19H,3-4H2,1-2H3,(H,18,20). The van der Waals surface area contributed by atoms with Crippen LogP contribution >= 0.6 is 0 Å². The summed E-state index contributed by atoms with van der Waals surface area (Å²) in [5, 5.41) is 12.5. The number of carbonyl (C=O) groups is 1. The molecule has 2 aromatic carbocycles. The van der Waals surface area contributed by atoms with Gasteiger partial charge >= 0.3 is 0 Å². The lowest BCUT2D eigenvalue weighted by Gasteiger charge is -2.08. The fraction of sp³-hybridized carbons (Fsp3) is 0.235. The van der Waals surface area contributed by atoms with Gasteiger partial charge in [-0.2, -0.15) is 0 Å². The van der Waals surface area contributed by atoms with E-state index in [0.717, 1.165) is 18.5 Å².